The fraction of sp³-hybridized carbons (Fsp3) is 0.227. The lowest BCUT2D eigenvalue weighted by Gasteiger charge is -2.27. The number of nitrogens with zero attached hydrogens (tertiary/aromatic N) is 5. The van der Waals surface area contributed by atoms with Crippen molar-refractivity contribution in [3.05, 3.63) is 66.4 Å². The van der Waals surface area contributed by atoms with E-state index in [0.717, 1.165) is 35.2 Å². The minimum absolute atomic E-state index is 0.0377. The number of aromatic nitrogens is 5. The van der Waals surface area contributed by atoms with Crippen molar-refractivity contribution in [2.24, 2.45) is 7.05 Å². The van der Waals surface area contributed by atoms with Crippen LogP contribution >= 0.6 is 0 Å². The number of Topliss-reactive ketones (excluding diaryl/α,β-unsaturated/α-hetero) is 1. The van der Waals surface area contributed by atoms with E-state index in [9.17, 15) is 4.79 Å². The van der Waals surface area contributed by atoms with E-state index in [1.165, 1.54) is 0 Å². The Bertz CT molecular complexity index is 1230. The lowest BCUT2D eigenvalue weighted by Crippen LogP contribution is -2.50. The molecule has 8 heteroatoms. The fourth-order valence-corrected chi connectivity index (χ4v) is 3.30. The Morgan fingerprint density at radius 3 is 2.87 bits per heavy atom. The van der Waals surface area contributed by atoms with E-state index in [-0.39, 0.29) is 18.3 Å². The number of carbonyl (C=O) groups is 1. The Morgan fingerprint density at radius 1 is 1.20 bits per heavy atom. The van der Waals surface area contributed by atoms with Gasteiger partial charge < -0.3 is 10.1 Å². The molecule has 150 valence electrons. The normalized spacial score (nSPS) is 13.9. The van der Waals surface area contributed by atoms with Gasteiger partial charge in [-0.2, -0.15) is 5.10 Å². The third-order valence-electron chi connectivity index (χ3n) is 5.06. The Balaban J connectivity index is 1.36. The molecule has 8 nitrogen and oxygen atoms in total. The molecule has 1 N–H and O–H groups in total. The maximum atomic E-state index is 12.8. The predicted octanol–water partition coefficient (Wildman–Crippen LogP) is 2.20. The van der Waals surface area contributed by atoms with Gasteiger partial charge in [0.2, 0.25) is 5.88 Å². The van der Waals surface area contributed by atoms with Crippen molar-refractivity contribution in [2.45, 2.75) is 12.5 Å². The zero-order chi connectivity index (χ0) is 20.5. The van der Waals surface area contributed by atoms with Crippen LogP contribution < -0.4 is 10.1 Å². The molecule has 0 aliphatic carbocycles. The van der Waals surface area contributed by atoms with Crippen molar-refractivity contribution in [2.75, 3.05) is 13.1 Å². The zero-order valence-electron chi connectivity index (χ0n) is 16.4. The second kappa shape index (κ2) is 7.64. The van der Waals surface area contributed by atoms with Gasteiger partial charge in [0.1, 0.15) is 6.10 Å². The van der Waals surface area contributed by atoms with Crippen molar-refractivity contribution < 1.29 is 9.53 Å². The van der Waals surface area contributed by atoms with E-state index >= 15 is 0 Å². The van der Waals surface area contributed by atoms with Crippen LogP contribution in [0.1, 0.15) is 16.1 Å². The van der Waals surface area contributed by atoms with E-state index < -0.39 is 0 Å². The third-order valence-corrected chi connectivity index (χ3v) is 5.06. The molecule has 0 radical (unpaired) electrons. The van der Waals surface area contributed by atoms with Crippen LogP contribution in [0.5, 0.6) is 5.88 Å². The number of ketones is 1. The Morgan fingerprint density at radius 2 is 2.10 bits per heavy atom. The minimum Gasteiger partial charge on any atom is -0.472 e. The molecule has 1 aliphatic rings. The van der Waals surface area contributed by atoms with Gasteiger partial charge in [0, 0.05) is 61.3 Å². The number of hydrogen-bond donors (Lipinski definition) is 1. The molecule has 0 saturated carbocycles. The van der Waals surface area contributed by atoms with Gasteiger partial charge in [0.25, 0.3) is 0 Å². The lowest BCUT2D eigenvalue weighted by atomic mass is 10.1. The van der Waals surface area contributed by atoms with Crippen LogP contribution in [0.15, 0.2) is 55.1 Å². The van der Waals surface area contributed by atoms with Crippen LogP contribution in [0.4, 0.5) is 0 Å². The summed E-state index contributed by atoms with van der Waals surface area (Å²) in [6.07, 6.45) is 7.35. The van der Waals surface area contributed by atoms with Crippen molar-refractivity contribution >= 4 is 16.7 Å². The first-order valence-electron chi connectivity index (χ1n) is 9.75. The topological polar surface area (TPSA) is 94.8 Å². The van der Waals surface area contributed by atoms with E-state index in [1.807, 2.05) is 31.4 Å². The van der Waals surface area contributed by atoms with E-state index in [2.05, 4.69) is 20.4 Å². The molecule has 0 bridgehead atoms. The minimum atomic E-state index is -0.0377. The summed E-state index contributed by atoms with van der Waals surface area (Å²) in [7, 11) is 1.87. The first-order chi connectivity index (χ1) is 14.6. The highest BCUT2D eigenvalue weighted by Crippen LogP contribution is 2.21. The highest BCUT2D eigenvalue weighted by Gasteiger charge is 2.19. The molecule has 0 unspecified atom stereocenters. The second-order valence-electron chi connectivity index (χ2n) is 7.35. The summed E-state index contributed by atoms with van der Waals surface area (Å²) in [5.74, 6) is 0.436. The number of rotatable bonds is 6. The van der Waals surface area contributed by atoms with Crippen molar-refractivity contribution in [3.8, 4) is 17.1 Å². The second-order valence-corrected chi connectivity index (χ2v) is 7.35. The van der Waals surface area contributed by atoms with Crippen LogP contribution in [-0.2, 0) is 13.5 Å². The fourth-order valence-electron chi connectivity index (χ4n) is 3.30. The molecule has 5 heterocycles. The largest absolute Gasteiger partial charge is 0.472 e. The highest BCUT2D eigenvalue weighted by atomic mass is 16.5. The van der Waals surface area contributed by atoms with Crippen LogP contribution in [0.2, 0.25) is 0 Å². The van der Waals surface area contributed by atoms with Gasteiger partial charge in [-0.05, 0) is 24.3 Å². The molecule has 5 rings (SSSR count). The van der Waals surface area contributed by atoms with E-state index in [4.69, 9.17) is 9.72 Å². The zero-order valence-corrected chi connectivity index (χ0v) is 16.4. The summed E-state index contributed by atoms with van der Waals surface area (Å²) in [5, 5.41) is 8.27. The molecule has 1 fully saturated rings. The first-order valence-corrected chi connectivity index (χ1v) is 9.75. The maximum Gasteiger partial charge on any atom is 0.214 e. The van der Waals surface area contributed by atoms with Gasteiger partial charge in [-0.25, -0.2) is 9.97 Å². The molecule has 4 aromatic heterocycles. The van der Waals surface area contributed by atoms with Crippen LogP contribution in [-0.4, -0.2) is 49.7 Å². The lowest BCUT2D eigenvalue weighted by molar-refractivity contribution is 0.0989. The number of pyridine rings is 3. The first kappa shape index (κ1) is 18.4. The summed E-state index contributed by atoms with van der Waals surface area (Å²) in [6.45, 7) is 1.60. The van der Waals surface area contributed by atoms with E-state index in [0.29, 0.717) is 17.1 Å². The van der Waals surface area contributed by atoms with Gasteiger partial charge in [-0.15, -0.1) is 0 Å². The summed E-state index contributed by atoms with van der Waals surface area (Å²) in [4.78, 5) is 26.2. The molecule has 0 amide bonds. The van der Waals surface area contributed by atoms with Gasteiger partial charge in [0.05, 0.1) is 29.5 Å². The quantitative estimate of drug-likeness (QED) is 0.496. The summed E-state index contributed by atoms with van der Waals surface area (Å²) in [6, 6.07) is 9.19. The van der Waals surface area contributed by atoms with E-state index in [1.54, 1.807) is 35.4 Å². The molecule has 0 aromatic carbocycles. The van der Waals surface area contributed by atoms with Crippen molar-refractivity contribution in [1.29, 1.82) is 0 Å². The maximum absolute atomic E-state index is 12.8. The predicted molar refractivity (Wildman–Crippen MR) is 111 cm³/mol. The van der Waals surface area contributed by atoms with Gasteiger partial charge >= 0.3 is 0 Å². The summed E-state index contributed by atoms with van der Waals surface area (Å²) < 4.78 is 7.49. The molecular formula is C22H20N6O2. The summed E-state index contributed by atoms with van der Waals surface area (Å²) >= 11 is 0. The molecule has 4 aromatic rings. The number of ether oxygens (including phenoxy) is 1. The Hall–Kier alpha value is -3.65. The van der Waals surface area contributed by atoms with Gasteiger partial charge in [-0.1, -0.05) is 0 Å². The van der Waals surface area contributed by atoms with Crippen molar-refractivity contribution in [3.63, 3.8) is 0 Å². The highest BCUT2D eigenvalue weighted by molar-refractivity contribution is 5.97. The molecule has 0 spiro atoms. The number of aryl methyl sites for hydroxylation is 1. The average Bonchev–Trinajstić information content (AvgIpc) is 3.17. The molecule has 0 atom stereocenters. The van der Waals surface area contributed by atoms with Crippen LogP contribution in [0.3, 0.4) is 0 Å². The molecule has 30 heavy (non-hydrogen) atoms. The van der Waals surface area contributed by atoms with Gasteiger partial charge in [0.15, 0.2) is 5.78 Å². The molecular weight excluding hydrogens is 380 g/mol. The van der Waals surface area contributed by atoms with Crippen LogP contribution in [0.25, 0.3) is 22.2 Å². The Kier molecular flexibility index (Phi) is 4.68. The monoisotopic (exact) mass is 400 g/mol. The SMILES string of the molecule is Cn1cc(-c2ccc3cnc(CC(=O)c4ccnc(OC5CNC5)c4)cc3n2)cn1. The smallest absolute Gasteiger partial charge is 0.214 e. The van der Waals surface area contributed by atoms with Gasteiger partial charge in [-0.3, -0.25) is 14.5 Å². The molecule has 1 aliphatic heterocycles. The number of fused-ring (bicyclic) bond motifs is 1. The summed E-state index contributed by atoms with van der Waals surface area (Å²) in [5.41, 5.74) is 3.81. The standard InChI is InChI=1S/C22H20N6O2/c1-28-13-16(10-26-28)19-3-2-15-9-25-17(7-20(15)27-19)8-21(29)14-4-5-24-22(6-14)30-18-11-23-12-18/h2-7,9-10,13,18,23H,8,11-12H2,1H3. The van der Waals surface area contributed by atoms with Crippen LogP contribution in [0, 0.1) is 0 Å². The number of carbonyl (C=O) groups excluding carboxylic acids is 1. The molecule has 1 saturated heterocycles. The number of hydrogen-bond acceptors (Lipinski definition) is 7. The third kappa shape index (κ3) is 3.77. The average molecular weight is 400 g/mol. The Labute approximate surface area is 173 Å². The number of nitrogens with one attached hydrogen (secondary N) is 1. The van der Waals surface area contributed by atoms with Crippen molar-refractivity contribution in [1.82, 2.24) is 30.0 Å².